The van der Waals surface area contributed by atoms with Crippen LogP contribution in [0.4, 0.5) is 9.59 Å². The third-order valence-electron chi connectivity index (χ3n) is 15.0. The fourth-order valence-corrected chi connectivity index (χ4v) is 12.6. The van der Waals surface area contributed by atoms with Crippen molar-refractivity contribution < 1.29 is 23.8 Å². The van der Waals surface area contributed by atoms with Crippen molar-refractivity contribution in [2.75, 3.05) is 19.6 Å². The molecule has 0 aromatic carbocycles. The molecule has 0 radical (unpaired) electrons. The highest BCUT2D eigenvalue weighted by molar-refractivity contribution is 5.68. The van der Waals surface area contributed by atoms with Crippen molar-refractivity contribution >= 4 is 12.2 Å². The van der Waals surface area contributed by atoms with Gasteiger partial charge in [-0.1, -0.05) is 48.0 Å². The largest absolute Gasteiger partial charge is 0.446 e. The van der Waals surface area contributed by atoms with E-state index in [4.69, 9.17) is 14.2 Å². The summed E-state index contributed by atoms with van der Waals surface area (Å²) in [6, 6.07) is 0. The molecule has 7 nitrogen and oxygen atoms in total. The zero-order chi connectivity index (χ0) is 31.1. The number of fused-ring (bicyclic) bond motifs is 4. The Morgan fingerprint density at radius 3 is 2.43 bits per heavy atom. The van der Waals surface area contributed by atoms with Gasteiger partial charge in [-0.3, -0.25) is 0 Å². The molecule has 2 heterocycles. The summed E-state index contributed by atoms with van der Waals surface area (Å²) in [7, 11) is 0. The van der Waals surface area contributed by atoms with Crippen molar-refractivity contribution in [3.63, 3.8) is 0 Å². The van der Waals surface area contributed by atoms with Gasteiger partial charge in [-0.15, -0.1) is 0 Å². The maximum absolute atomic E-state index is 12.8. The summed E-state index contributed by atoms with van der Waals surface area (Å²) in [5, 5.41) is 2.99. The summed E-state index contributed by atoms with van der Waals surface area (Å²) in [5.41, 5.74) is 1.28. The number of nitrogens with zero attached hydrogens (tertiary/aromatic N) is 1. The number of hydrogen-bond donors (Lipinski definition) is 1. The Labute approximate surface area is 266 Å². The SMILES string of the molecule is CCCCNC(=O)OC1CCC23CC24CCC2(C)C5CCC(C(OC(=O)N6CCC6)C(C)C)OC5CC2C4CCC3C1(C)C. The van der Waals surface area contributed by atoms with Gasteiger partial charge in [-0.25, -0.2) is 9.59 Å². The number of carbonyl (C=O) groups excluding carboxylic acids is 2. The standard InChI is InChI=1S/C37H60N2O5/c1-7-8-18-38-32(40)43-30-14-15-37-22-36(37)17-16-35(6)25-10-12-27(31(23(2)3)44-33(41)39-19-9-20-39)42-28(25)21-26(35)24(36)11-13-29(37)34(30,4)5/h23-31H,7-22H2,1-6H3,(H,38,40). The summed E-state index contributed by atoms with van der Waals surface area (Å²) in [6.07, 6.45) is 15.2. The van der Waals surface area contributed by atoms with Crippen molar-refractivity contribution in [2.24, 2.45) is 51.2 Å². The van der Waals surface area contributed by atoms with E-state index in [1.54, 1.807) is 0 Å². The van der Waals surface area contributed by atoms with Crippen LogP contribution in [0.2, 0.25) is 0 Å². The fraction of sp³-hybridized carbons (Fsp3) is 0.946. The summed E-state index contributed by atoms with van der Waals surface area (Å²) in [5.74, 6) is 3.03. The van der Waals surface area contributed by atoms with Crippen molar-refractivity contribution in [3.8, 4) is 0 Å². The maximum Gasteiger partial charge on any atom is 0.410 e. The molecule has 2 spiro atoms. The molecule has 7 heteroatoms. The van der Waals surface area contributed by atoms with E-state index in [0.717, 1.165) is 57.0 Å². The Hall–Kier alpha value is -1.50. The number of likely N-dealkylation sites (tertiary alicyclic amines) is 1. The maximum atomic E-state index is 12.8. The highest BCUT2D eigenvalue weighted by Crippen LogP contribution is 2.87. The zero-order valence-corrected chi connectivity index (χ0v) is 28.5. The molecule has 5 saturated carbocycles. The number of hydrogen-bond acceptors (Lipinski definition) is 5. The van der Waals surface area contributed by atoms with Crippen molar-refractivity contribution in [1.29, 1.82) is 0 Å². The van der Waals surface area contributed by atoms with Crippen LogP contribution >= 0.6 is 0 Å². The molecule has 44 heavy (non-hydrogen) atoms. The van der Waals surface area contributed by atoms with Crippen LogP contribution in [0.1, 0.15) is 125 Å². The van der Waals surface area contributed by atoms with Crippen LogP contribution in [0.3, 0.4) is 0 Å². The molecular formula is C37H60N2O5. The molecule has 7 fully saturated rings. The Kier molecular flexibility index (Phi) is 7.81. The molecule has 7 aliphatic rings. The van der Waals surface area contributed by atoms with Gasteiger partial charge in [0.1, 0.15) is 12.2 Å². The first-order chi connectivity index (χ1) is 21.0. The van der Waals surface area contributed by atoms with Gasteiger partial charge in [0.25, 0.3) is 0 Å². The Morgan fingerprint density at radius 2 is 1.73 bits per heavy atom. The van der Waals surface area contributed by atoms with Gasteiger partial charge < -0.3 is 24.4 Å². The van der Waals surface area contributed by atoms with Crippen LogP contribution in [-0.4, -0.2) is 61.1 Å². The van der Waals surface area contributed by atoms with Gasteiger partial charge in [-0.05, 0) is 123 Å². The van der Waals surface area contributed by atoms with Crippen LogP contribution in [0.5, 0.6) is 0 Å². The van der Waals surface area contributed by atoms with E-state index in [2.05, 4.69) is 46.9 Å². The molecule has 2 saturated heterocycles. The van der Waals surface area contributed by atoms with E-state index < -0.39 is 0 Å². The molecular weight excluding hydrogens is 552 g/mol. The topological polar surface area (TPSA) is 77.1 Å². The van der Waals surface area contributed by atoms with Crippen LogP contribution < -0.4 is 5.32 Å². The number of ether oxygens (including phenoxy) is 3. The van der Waals surface area contributed by atoms with E-state index >= 15 is 0 Å². The van der Waals surface area contributed by atoms with E-state index in [1.165, 1.54) is 51.4 Å². The third-order valence-corrected chi connectivity index (χ3v) is 15.0. The lowest BCUT2D eigenvalue weighted by Crippen LogP contribution is -2.55. The lowest BCUT2D eigenvalue weighted by atomic mass is 9.46. The Balaban J connectivity index is 1.04. The molecule has 11 atom stereocenters. The lowest BCUT2D eigenvalue weighted by molar-refractivity contribution is -0.151. The summed E-state index contributed by atoms with van der Waals surface area (Å²) in [4.78, 5) is 27.3. The molecule has 0 aromatic rings. The summed E-state index contributed by atoms with van der Waals surface area (Å²) < 4.78 is 19.3. The predicted octanol–water partition coefficient (Wildman–Crippen LogP) is 7.95. The predicted molar refractivity (Wildman–Crippen MR) is 170 cm³/mol. The molecule has 2 amide bonds. The van der Waals surface area contributed by atoms with E-state index in [9.17, 15) is 9.59 Å². The average molecular weight is 613 g/mol. The van der Waals surface area contributed by atoms with Gasteiger partial charge in [0.15, 0.2) is 0 Å². The van der Waals surface area contributed by atoms with Gasteiger partial charge in [0, 0.05) is 25.0 Å². The monoisotopic (exact) mass is 612 g/mol. The highest BCUT2D eigenvalue weighted by Gasteiger charge is 2.81. The van der Waals surface area contributed by atoms with Crippen LogP contribution in [0.25, 0.3) is 0 Å². The smallest absolute Gasteiger partial charge is 0.410 e. The second kappa shape index (κ2) is 11.0. The molecule has 248 valence electrons. The first-order valence-corrected chi connectivity index (χ1v) is 18.5. The highest BCUT2D eigenvalue weighted by atomic mass is 16.6. The van der Waals surface area contributed by atoms with Gasteiger partial charge in [0.05, 0.1) is 12.2 Å². The zero-order valence-electron chi connectivity index (χ0n) is 28.5. The Bertz CT molecular complexity index is 1120. The molecule has 0 bridgehead atoms. The van der Waals surface area contributed by atoms with E-state index in [0.29, 0.717) is 40.7 Å². The second-order valence-corrected chi connectivity index (χ2v) is 17.4. The van der Waals surface area contributed by atoms with Gasteiger partial charge >= 0.3 is 12.2 Å². The van der Waals surface area contributed by atoms with Gasteiger partial charge in [-0.2, -0.15) is 0 Å². The number of amides is 2. The number of rotatable bonds is 7. The minimum absolute atomic E-state index is 0.00610. The van der Waals surface area contributed by atoms with Crippen molar-refractivity contribution in [2.45, 2.75) is 149 Å². The molecule has 1 N–H and O–H groups in total. The summed E-state index contributed by atoms with van der Waals surface area (Å²) in [6.45, 7) is 16.3. The first kappa shape index (κ1) is 31.1. The number of nitrogens with one attached hydrogen (secondary N) is 1. The average Bonchev–Trinajstić information content (AvgIpc) is 3.52. The van der Waals surface area contributed by atoms with Crippen molar-refractivity contribution in [1.82, 2.24) is 10.2 Å². The fourth-order valence-electron chi connectivity index (χ4n) is 12.6. The minimum atomic E-state index is -0.220. The lowest BCUT2D eigenvalue weighted by Gasteiger charge is -2.59. The van der Waals surface area contributed by atoms with Crippen LogP contribution in [-0.2, 0) is 14.2 Å². The third kappa shape index (κ3) is 4.58. The first-order valence-electron chi connectivity index (χ1n) is 18.5. The molecule has 11 unspecified atom stereocenters. The van der Waals surface area contributed by atoms with Crippen LogP contribution in [0, 0.1) is 51.2 Å². The summed E-state index contributed by atoms with van der Waals surface area (Å²) >= 11 is 0. The number of alkyl carbamates (subject to hydrolysis) is 1. The molecule has 0 aromatic heterocycles. The Morgan fingerprint density at radius 1 is 0.955 bits per heavy atom. The van der Waals surface area contributed by atoms with Crippen LogP contribution in [0.15, 0.2) is 0 Å². The number of unbranched alkanes of at least 4 members (excludes halogenated alkanes) is 1. The normalized spacial score (nSPS) is 45.4. The van der Waals surface area contributed by atoms with E-state index in [1.807, 2.05) is 4.90 Å². The quantitative estimate of drug-likeness (QED) is 0.295. The molecule has 5 aliphatic carbocycles. The number of carbonyl (C=O) groups is 2. The van der Waals surface area contributed by atoms with Gasteiger partial charge in [0.2, 0.25) is 0 Å². The second-order valence-electron chi connectivity index (χ2n) is 17.4. The molecule has 7 rings (SSSR count). The van der Waals surface area contributed by atoms with Crippen molar-refractivity contribution in [3.05, 3.63) is 0 Å². The van der Waals surface area contributed by atoms with E-state index in [-0.39, 0.29) is 41.8 Å². The molecule has 2 aliphatic heterocycles. The minimum Gasteiger partial charge on any atom is -0.446 e.